The molecule has 5 nitrogen and oxygen atoms in total. The molecular weight excluding hydrogens is 324 g/mol. The van der Waals surface area contributed by atoms with E-state index < -0.39 is 0 Å². The van der Waals surface area contributed by atoms with Crippen LogP contribution in [0.5, 0.6) is 0 Å². The van der Waals surface area contributed by atoms with Crippen LogP contribution in [0.25, 0.3) is 22.2 Å². The lowest BCUT2D eigenvalue weighted by molar-refractivity contribution is 0.0757. The quantitative estimate of drug-likeness (QED) is 0.663. The first kappa shape index (κ1) is 18.1. The highest BCUT2D eigenvalue weighted by molar-refractivity contribution is 6.07. The number of fused-ring (bicyclic) bond motifs is 1. The number of para-hydroxylation sites is 1. The molecule has 0 saturated carbocycles. The van der Waals surface area contributed by atoms with E-state index in [2.05, 4.69) is 12.0 Å². The number of amides is 1. The fraction of sp³-hybridized carbons (Fsp3) is 0.381. The summed E-state index contributed by atoms with van der Waals surface area (Å²) in [5.74, 6) is 0.0122. The van der Waals surface area contributed by atoms with Gasteiger partial charge in [0.15, 0.2) is 0 Å². The van der Waals surface area contributed by atoms with Crippen LogP contribution in [0.2, 0.25) is 0 Å². The fourth-order valence-corrected chi connectivity index (χ4v) is 2.86. The summed E-state index contributed by atoms with van der Waals surface area (Å²) < 4.78 is 1.94. The zero-order chi connectivity index (χ0) is 18.7. The third-order valence-electron chi connectivity index (χ3n) is 4.71. The van der Waals surface area contributed by atoms with E-state index in [1.54, 1.807) is 4.90 Å². The van der Waals surface area contributed by atoms with Crippen LogP contribution in [-0.2, 0) is 6.54 Å². The molecule has 0 saturated heterocycles. The number of nitrogens with zero attached hydrogens (tertiary/aromatic N) is 4. The third-order valence-corrected chi connectivity index (χ3v) is 4.71. The van der Waals surface area contributed by atoms with E-state index in [9.17, 15) is 4.79 Å². The maximum absolute atomic E-state index is 13.0. The molecule has 0 aliphatic carbocycles. The SMILES string of the molecule is CCCCn1cc(-c2cc(C(=O)N(C)C(C)C)c3ccccc3n2)cn1. The molecule has 0 aliphatic heterocycles. The van der Waals surface area contributed by atoms with Crippen LogP contribution in [0.15, 0.2) is 42.7 Å². The van der Waals surface area contributed by atoms with Crippen molar-refractivity contribution in [3.63, 3.8) is 0 Å². The second-order valence-corrected chi connectivity index (χ2v) is 6.93. The van der Waals surface area contributed by atoms with Gasteiger partial charge < -0.3 is 4.90 Å². The number of unbranched alkanes of at least 4 members (excludes halogenated alkanes) is 1. The van der Waals surface area contributed by atoms with Crippen LogP contribution in [0.4, 0.5) is 0 Å². The number of carbonyl (C=O) groups excluding carboxylic acids is 1. The van der Waals surface area contributed by atoms with E-state index in [1.165, 1.54) is 0 Å². The lowest BCUT2D eigenvalue weighted by Gasteiger charge is -2.22. The van der Waals surface area contributed by atoms with Crippen LogP contribution >= 0.6 is 0 Å². The zero-order valence-corrected chi connectivity index (χ0v) is 15.9. The summed E-state index contributed by atoms with van der Waals surface area (Å²) in [5, 5.41) is 5.31. The summed E-state index contributed by atoms with van der Waals surface area (Å²) in [6, 6.07) is 9.83. The third kappa shape index (κ3) is 3.62. The Bertz CT molecular complexity index is 913. The number of hydrogen-bond acceptors (Lipinski definition) is 3. The van der Waals surface area contributed by atoms with E-state index in [0.717, 1.165) is 41.5 Å². The first-order valence-electron chi connectivity index (χ1n) is 9.21. The van der Waals surface area contributed by atoms with Crippen molar-refractivity contribution in [3.8, 4) is 11.3 Å². The van der Waals surface area contributed by atoms with Crippen molar-refractivity contribution in [2.45, 2.75) is 46.2 Å². The number of benzene rings is 1. The first-order valence-corrected chi connectivity index (χ1v) is 9.21. The number of hydrogen-bond donors (Lipinski definition) is 0. The highest BCUT2D eigenvalue weighted by Gasteiger charge is 2.19. The predicted octanol–water partition coefficient (Wildman–Crippen LogP) is 4.38. The average Bonchev–Trinajstić information content (AvgIpc) is 3.13. The maximum atomic E-state index is 13.0. The van der Waals surface area contributed by atoms with Crippen LogP contribution < -0.4 is 0 Å². The predicted molar refractivity (Wildman–Crippen MR) is 105 cm³/mol. The van der Waals surface area contributed by atoms with Crippen LogP contribution in [0, 0.1) is 0 Å². The lowest BCUT2D eigenvalue weighted by Crippen LogP contribution is -2.33. The Labute approximate surface area is 154 Å². The van der Waals surface area contributed by atoms with E-state index in [0.29, 0.717) is 5.56 Å². The van der Waals surface area contributed by atoms with Crippen molar-refractivity contribution in [2.24, 2.45) is 0 Å². The Hall–Kier alpha value is -2.69. The molecule has 0 bridgehead atoms. The molecule has 1 aromatic carbocycles. The molecular formula is C21H26N4O. The monoisotopic (exact) mass is 350 g/mol. The molecule has 5 heteroatoms. The van der Waals surface area contributed by atoms with Gasteiger partial charge >= 0.3 is 0 Å². The molecule has 136 valence electrons. The molecule has 0 fully saturated rings. The van der Waals surface area contributed by atoms with Crippen molar-refractivity contribution in [1.29, 1.82) is 0 Å². The van der Waals surface area contributed by atoms with E-state index in [-0.39, 0.29) is 11.9 Å². The van der Waals surface area contributed by atoms with Gasteiger partial charge in [-0.2, -0.15) is 5.10 Å². The van der Waals surface area contributed by atoms with Crippen molar-refractivity contribution in [3.05, 3.63) is 48.3 Å². The molecule has 0 aliphatic rings. The smallest absolute Gasteiger partial charge is 0.254 e. The van der Waals surface area contributed by atoms with Crippen molar-refractivity contribution in [2.75, 3.05) is 7.05 Å². The van der Waals surface area contributed by atoms with Gasteiger partial charge in [0.1, 0.15) is 0 Å². The van der Waals surface area contributed by atoms with Gasteiger partial charge in [-0.1, -0.05) is 31.5 Å². The minimum Gasteiger partial charge on any atom is -0.339 e. The molecule has 0 N–H and O–H groups in total. The Morgan fingerprint density at radius 2 is 2.04 bits per heavy atom. The summed E-state index contributed by atoms with van der Waals surface area (Å²) in [5.41, 5.74) is 3.23. The molecule has 0 unspecified atom stereocenters. The number of rotatable bonds is 6. The van der Waals surface area contributed by atoms with Gasteiger partial charge in [0.2, 0.25) is 0 Å². The van der Waals surface area contributed by atoms with Gasteiger partial charge in [-0.05, 0) is 32.4 Å². The summed E-state index contributed by atoms with van der Waals surface area (Å²) >= 11 is 0. The van der Waals surface area contributed by atoms with Gasteiger partial charge in [-0.15, -0.1) is 0 Å². The molecule has 3 aromatic rings. The summed E-state index contributed by atoms with van der Waals surface area (Å²) in [4.78, 5) is 19.5. The number of aryl methyl sites for hydroxylation is 1. The van der Waals surface area contributed by atoms with Gasteiger partial charge in [0.05, 0.1) is 23.0 Å². The fourth-order valence-electron chi connectivity index (χ4n) is 2.86. The highest BCUT2D eigenvalue weighted by Crippen LogP contribution is 2.26. The number of carbonyl (C=O) groups is 1. The van der Waals surface area contributed by atoms with Gasteiger partial charge in [0, 0.05) is 36.8 Å². The van der Waals surface area contributed by atoms with E-state index in [1.807, 2.05) is 68.3 Å². The average molecular weight is 350 g/mol. The normalized spacial score (nSPS) is 11.3. The molecule has 2 aromatic heterocycles. The molecule has 1 amide bonds. The molecule has 2 heterocycles. The highest BCUT2D eigenvalue weighted by atomic mass is 16.2. The summed E-state index contributed by atoms with van der Waals surface area (Å²) in [6.45, 7) is 7.09. The van der Waals surface area contributed by atoms with Gasteiger partial charge in [-0.3, -0.25) is 9.48 Å². The first-order chi connectivity index (χ1) is 12.5. The summed E-state index contributed by atoms with van der Waals surface area (Å²) in [6.07, 6.45) is 6.05. The zero-order valence-electron chi connectivity index (χ0n) is 15.9. The lowest BCUT2D eigenvalue weighted by atomic mass is 10.0. The van der Waals surface area contributed by atoms with Crippen molar-refractivity contribution >= 4 is 16.8 Å². The molecule has 0 radical (unpaired) electrons. The number of pyridine rings is 1. The maximum Gasteiger partial charge on any atom is 0.254 e. The Balaban J connectivity index is 2.07. The van der Waals surface area contributed by atoms with Gasteiger partial charge in [-0.25, -0.2) is 4.98 Å². The van der Waals surface area contributed by atoms with Crippen molar-refractivity contribution < 1.29 is 4.79 Å². The molecule has 3 rings (SSSR count). The molecule has 26 heavy (non-hydrogen) atoms. The Kier molecular flexibility index (Phi) is 5.35. The van der Waals surface area contributed by atoms with Crippen LogP contribution in [0.1, 0.15) is 44.0 Å². The van der Waals surface area contributed by atoms with Crippen LogP contribution in [0.3, 0.4) is 0 Å². The van der Waals surface area contributed by atoms with Crippen LogP contribution in [-0.4, -0.2) is 38.7 Å². The second kappa shape index (κ2) is 7.68. The Morgan fingerprint density at radius 1 is 1.27 bits per heavy atom. The molecule has 0 spiro atoms. The van der Waals surface area contributed by atoms with E-state index in [4.69, 9.17) is 4.98 Å². The number of aromatic nitrogens is 3. The minimum atomic E-state index is 0.0122. The second-order valence-electron chi connectivity index (χ2n) is 6.93. The molecule has 0 atom stereocenters. The minimum absolute atomic E-state index is 0.0122. The standard InChI is InChI=1S/C21H26N4O/c1-5-6-11-25-14-16(13-22-25)20-12-18(21(26)24(4)15(2)3)17-9-7-8-10-19(17)23-20/h7-10,12-15H,5-6,11H2,1-4H3. The largest absolute Gasteiger partial charge is 0.339 e. The Morgan fingerprint density at radius 3 is 2.77 bits per heavy atom. The van der Waals surface area contributed by atoms with Gasteiger partial charge in [0.25, 0.3) is 5.91 Å². The topological polar surface area (TPSA) is 51.0 Å². The van der Waals surface area contributed by atoms with Crippen molar-refractivity contribution in [1.82, 2.24) is 19.7 Å². The van der Waals surface area contributed by atoms with E-state index >= 15 is 0 Å². The summed E-state index contributed by atoms with van der Waals surface area (Å²) in [7, 11) is 1.84.